The van der Waals surface area contributed by atoms with Gasteiger partial charge in [0.1, 0.15) is 11.5 Å². The summed E-state index contributed by atoms with van der Waals surface area (Å²) in [7, 11) is 5.45. The van der Waals surface area contributed by atoms with E-state index in [-0.39, 0.29) is 11.8 Å². The van der Waals surface area contributed by atoms with E-state index in [1.54, 1.807) is 14.2 Å². The van der Waals surface area contributed by atoms with Crippen molar-refractivity contribution in [3.05, 3.63) is 90.1 Å². The van der Waals surface area contributed by atoms with Crippen molar-refractivity contribution < 1.29 is 14.3 Å². The third-order valence-corrected chi connectivity index (χ3v) is 7.25. The van der Waals surface area contributed by atoms with Crippen LogP contribution < -0.4 is 14.4 Å². The molecule has 0 spiro atoms. The Bertz CT molecular complexity index is 1350. The van der Waals surface area contributed by atoms with E-state index in [2.05, 4.69) is 59.1 Å². The van der Waals surface area contributed by atoms with E-state index in [1.165, 1.54) is 5.39 Å². The molecule has 3 aromatic carbocycles. The molecular formula is C30H33N3O3. The van der Waals surface area contributed by atoms with Gasteiger partial charge in [-0.1, -0.05) is 48.5 Å². The number of carbonyl (C=O) groups excluding carboxylic acids is 1. The molecule has 186 valence electrons. The van der Waals surface area contributed by atoms with E-state index in [0.717, 1.165) is 46.9 Å². The van der Waals surface area contributed by atoms with E-state index in [1.807, 2.05) is 41.3 Å². The third-order valence-electron chi connectivity index (χ3n) is 7.25. The van der Waals surface area contributed by atoms with Crippen LogP contribution in [0.4, 0.5) is 5.69 Å². The molecule has 1 atom stereocenters. The van der Waals surface area contributed by atoms with Crippen molar-refractivity contribution in [3.63, 3.8) is 0 Å². The van der Waals surface area contributed by atoms with Crippen LogP contribution >= 0.6 is 0 Å². The Kier molecular flexibility index (Phi) is 6.85. The summed E-state index contributed by atoms with van der Waals surface area (Å²) in [5.74, 6) is 1.74. The summed E-state index contributed by atoms with van der Waals surface area (Å²) < 4.78 is 13.4. The molecular weight excluding hydrogens is 450 g/mol. The lowest BCUT2D eigenvalue weighted by Crippen LogP contribution is -2.49. The third kappa shape index (κ3) is 4.51. The first-order valence-electron chi connectivity index (χ1n) is 12.4. The van der Waals surface area contributed by atoms with E-state index < -0.39 is 0 Å². The highest BCUT2D eigenvalue weighted by atomic mass is 16.5. The highest BCUT2D eigenvalue weighted by Crippen LogP contribution is 2.39. The number of fused-ring (bicyclic) bond motifs is 1. The lowest BCUT2D eigenvalue weighted by atomic mass is 9.87. The molecule has 6 nitrogen and oxygen atoms in total. The molecule has 1 aliphatic heterocycles. The fourth-order valence-corrected chi connectivity index (χ4v) is 5.38. The first-order chi connectivity index (χ1) is 17.6. The summed E-state index contributed by atoms with van der Waals surface area (Å²) in [5.41, 5.74) is 4.43. The SMILES string of the molecule is COc1ccccc1C(CC(=O)N1CCN(c2ccccc2OC)CC1)c1cn(C)c2ccccc12. The van der Waals surface area contributed by atoms with Gasteiger partial charge in [0.25, 0.3) is 0 Å². The molecule has 1 aliphatic rings. The van der Waals surface area contributed by atoms with Crippen molar-refractivity contribution in [3.8, 4) is 11.5 Å². The highest BCUT2D eigenvalue weighted by molar-refractivity contribution is 5.87. The Morgan fingerprint density at radius 1 is 0.806 bits per heavy atom. The Morgan fingerprint density at radius 3 is 2.19 bits per heavy atom. The Labute approximate surface area is 212 Å². The zero-order valence-corrected chi connectivity index (χ0v) is 21.2. The first-order valence-corrected chi connectivity index (χ1v) is 12.4. The number of methoxy groups -OCH3 is 2. The van der Waals surface area contributed by atoms with Crippen LogP contribution in [0.1, 0.15) is 23.5 Å². The van der Waals surface area contributed by atoms with Crippen LogP contribution in [0.5, 0.6) is 11.5 Å². The Balaban J connectivity index is 1.40. The number of nitrogens with zero attached hydrogens (tertiary/aromatic N) is 3. The van der Waals surface area contributed by atoms with Gasteiger partial charge in [0.05, 0.1) is 19.9 Å². The van der Waals surface area contributed by atoms with Gasteiger partial charge in [0.15, 0.2) is 0 Å². The minimum absolute atomic E-state index is 0.105. The van der Waals surface area contributed by atoms with Gasteiger partial charge in [-0.15, -0.1) is 0 Å². The maximum Gasteiger partial charge on any atom is 0.223 e. The van der Waals surface area contributed by atoms with Gasteiger partial charge in [0, 0.05) is 68.2 Å². The van der Waals surface area contributed by atoms with Gasteiger partial charge in [-0.2, -0.15) is 0 Å². The van der Waals surface area contributed by atoms with Gasteiger partial charge in [0.2, 0.25) is 5.91 Å². The van der Waals surface area contributed by atoms with Crippen molar-refractivity contribution in [2.75, 3.05) is 45.3 Å². The maximum atomic E-state index is 13.7. The molecule has 0 radical (unpaired) electrons. The number of hydrogen-bond donors (Lipinski definition) is 0. The van der Waals surface area contributed by atoms with Crippen molar-refractivity contribution in [2.24, 2.45) is 7.05 Å². The van der Waals surface area contributed by atoms with Gasteiger partial charge < -0.3 is 23.8 Å². The predicted octanol–water partition coefficient (Wildman–Crippen LogP) is 5.07. The normalized spacial score (nSPS) is 14.6. The first kappa shape index (κ1) is 23.8. The zero-order valence-electron chi connectivity index (χ0n) is 21.2. The standard InChI is InChI=1S/C30H33N3O3/c1-31-21-25(22-10-4-6-12-26(22)31)24(23-11-5-8-14-28(23)35-2)20-30(34)33-18-16-32(17-19-33)27-13-7-9-15-29(27)36-3/h4-15,21,24H,16-20H2,1-3H3. The van der Waals surface area contributed by atoms with Crippen LogP contribution in [-0.4, -0.2) is 55.8 Å². The summed E-state index contributed by atoms with van der Waals surface area (Å²) in [6, 6.07) is 24.5. The van der Waals surface area contributed by atoms with Crippen LogP contribution in [0.15, 0.2) is 79.0 Å². The monoisotopic (exact) mass is 483 g/mol. The Morgan fingerprint density at radius 2 is 1.44 bits per heavy atom. The van der Waals surface area contributed by atoms with Crippen molar-refractivity contribution in [1.29, 1.82) is 0 Å². The molecule has 1 unspecified atom stereocenters. The minimum Gasteiger partial charge on any atom is -0.496 e. The van der Waals surface area contributed by atoms with Crippen LogP contribution in [0.25, 0.3) is 10.9 Å². The molecule has 0 saturated carbocycles. The molecule has 0 aliphatic carbocycles. The fraction of sp³-hybridized carbons (Fsp3) is 0.300. The number of carbonyl (C=O) groups is 1. The van der Waals surface area contributed by atoms with Crippen molar-refractivity contribution >= 4 is 22.5 Å². The van der Waals surface area contributed by atoms with Crippen LogP contribution in [-0.2, 0) is 11.8 Å². The summed E-state index contributed by atoms with van der Waals surface area (Å²) >= 11 is 0. The van der Waals surface area contributed by atoms with Crippen LogP contribution in [0.2, 0.25) is 0 Å². The zero-order chi connectivity index (χ0) is 25.1. The topological polar surface area (TPSA) is 46.9 Å². The Hall–Kier alpha value is -3.93. The fourth-order valence-electron chi connectivity index (χ4n) is 5.38. The second kappa shape index (κ2) is 10.4. The molecule has 1 amide bonds. The average molecular weight is 484 g/mol. The predicted molar refractivity (Wildman–Crippen MR) is 144 cm³/mol. The number of para-hydroxylation sites is 4. The van der Waals surface area contributed by atoms with Crippen LogP contribution in [0.3, 0.4) is 0 Å². The lowest BCUT2D eigenvalue weighted by molar-refractivity contribution is -0.131. The van der Waals surface area contributed by atoms with Gasteiger partial charge >= 0.3 is 0 Å². The van der Waals surface area contributed by atoms with Crippen molar-refractivity contribution in [1.82, 2.24) is 9.47 Å². The maximum absolute atomic E-state index is 13.7. The summed E-state index contributed by atoms with van der Waals surface area (Å²) in [5, 5.41) is 1.17. The smallest absolute Gasteiger partial charge is 0.223 e. The number of hydrogen-bond acceptors (Lipinski definition) is 4. The van der Waals surface area contributed by atoms with E-state index in [0.29, 0.717) is 19.5 Å². The number of aryl methyl sites for hydroxylation is 1. The van der Waals surface area contributed by atoms with E-state index >= 15 is 0 Å². The second-order valence-corrected chi connectivity index (χ2v) is 9.25. The summed E-state index contributed by atoms with van der Waals surface area (Å²) in [4.78, 5) is 18.0. The van der Waals surface area contributed by atoms with Gasteiger partial charge in [-0.05, 0) is 29.8 Å². The molecule has 2 heterocycles. The van der Waals surface area contributed by atoms with Gasteiger partial charge in [-0.3, -0.25) is 4.79 Å². The second-order valence-electron chi connectivity index (χ2n) is 9.25. The lowest BCUT2D eigenvalue weighted by Gasteiger charge is -2.37. The number of piperazine rings is 1. The number of aromatic nitrogens is 1. The van der Waals surface area contributed by atoms with E-state index in [9.17, 15) is 4.79 Å². The molecule has 0 N–H and O–H groups in total. The molecule has 5 rings (SSSR count). The number of rotatable bonds is 7. The molecule has 36 heavy (non-hydrogen) atoms. The summed E-state index contributed by atoms with van der Waals surface area (Å²) in [6.07, 6.45) is 2.55. The molecule has 1 aromatic heterocycles. The molecule has 0 bridgehead atoms. The van der Waals surface area contributed by atoms with E-state index in [4.69, 9.17) is 9.47 Å². The van der Waals surface area contributed by atoms with Gasteiger partial charge in [-0.25, -0.2) is 0 Å². The molecule has 1 saturated heterocycles. The number of amides is 1. The van der Waals surface area contributed by atoms with Crippen molar-refractivity contribution in [2.45, 2.75) is 12.3 Å². The number of ether oxygens (including phenoxy) is 2. The molecule has 4 aromatic rings. The largest absolute Gasteiger partial charge is 0.496 e. The number of benzene rings is 3. The quantitative estimate of drug-likeness (QED) is 0.368. The molecule has 1 fully saturated rings. The highest BCUT2D eigenvalue weighted by Gasteiger charge is 2.29. The minimum atomic E-state index is -0.105. The van der Waals surface area contributed by atoms with Crippen LogP contribution in [0, 0.1) is 0 Å². The molecule has 6 heteroatoms. The average Bonchev–Trinajstić information content (AvgIpc) is 3.27. The number of anilines is 1. The summed E-state index contributed by atoms with van der Waals surface area (Å²) in [6.45, 7) is 2.93.